The minimum Gasteiger partial charge on any atom is -0.385 e. The topological polar surface area (TPSA) is 54.0 Å². The maximum atomic E-state index is 6.36. The summed E-state index contributed by atoms with van der Waals surface area (Å²) in [5.41, 5.74) is 11.3. The van der Waals surface area contributed by atoms with Gasteiger partial charge in [-0.3, -0.25) is 4.99 Å². The molecule has 4 nitrogen and oxygen atoms in total. The van der Waals surface area contributed by atoms with Gasteiger partial charge in [0, 0.05) is 18.5 Å². The number of fused-ring (bicyclic) bond motifs is 3. The van der Waals surface area contributed by atoms with Crippen LogP contribution in [0.1, 0.15) is 68.7 Å². The summed E-state index contributed by atoms with van der Waals surface area (Å²) in [6.07, 6.45) is 6.94. The Morgan fingerprint density at radius 3 is 2.34 bits per heavy atom. The Morgan fingerprint density at radius 2 is 1.59 bits per heavy atom. The zero-order valence-corrected chi connectivity index (χ0v) is 17.6. The van der Waals surface area contributed by atoms with E-state index in [1.54, 1.807) is 0 Å². The van der Waals surface area contributed by atoms with Gasteiger partial charge in [0.05, 0.1) is 11.7 Å². The van der Waals surface area contributed by atoms with Gasteiger partial charge in [-0.2, -0.15) is 0 Å². The second-order valence-corrected chi connectivity index (χ2v) is 8.18. The highest BCUT2D eigenvalue weighted by Gasteiger charge is 2.42. The molecule has 2 aromatic carbocycles. The zero-order valence-electron chi connectivity index (χ0n) is 17.6. The van der Waals surface area contributed by atoms with E-state index in [1.165, 1.54) is 35.4 Å². The van der Waals surface area contributed by atoms with Crippen molar-refractivity contribution >= 4 is 17.4 Å². The zero-order chi connectivity index (χ0) is 20.2. The molecule has 29 heavy (non-hydrogen) atoms. The van der Waals surface area contributed by atoms with E-state index in [0.29, 0.717) is 5.84 Å². The van der Waals surface area contributed by atoms with E-state index in [1.807, 2.05) is 6.07 Å². The molecular weight excluding hydrogens is 356 g/mol. The SMILES string of the molecule is CCCCC1=NC2C(N)=Nc3ccccc3C2N1Cc1ccc(CCCC)cc1. The number of nitrogens with two attached hydrogens (primary N) is 1. The third-order valence-electron chi connectivity index (χ3n) is 6.01. The van der Waals surface area contributed by atoms with Crippen LogP contribution in [0.2, 0.25) is 0 Å². The minimum atomic E-state index is -0.0689. The molecule has 0 aromatic heterocycles. The maximum Gasteiger partial charge on any atom is 0.134 e. The quantitative estimate of drug-likeness (QED) is 0.645. The van der Waals surface area contributed by atoms with Crippen LogP contribution in [0.25, 0.3) is 0 Å². The van der Waals surface area contributed by atoms with Gasteiger partial charge in [-0.1, -0.05) is 69.2 Å². The summed E-state index contributed by atoms with van der Waals surface area (Å²) in [4.78, 5) is 12.2. The molecule has 0 amide bonds. The molecule has 2 aliphatic rings. The molecule has 0 aliphatic carbocycles. The Morgan fingerprint density at radius 1 is 0.897 bits per heavy atom. The fourth-order valence-corrected chi connectivity index (χ4v) is 4.37. The second-order valence-electron chi connectivity index (χ2n) is 8.18. The first-order chi connectivity index (χ1) is 14.2. The third kappa shape index (κ3) is 4.07. The molecule has 152 valence electrons. The van der Waals surface area contributed by atoms with Gasteiger partial charge < -0.3 is 10.6 Å². The molecule has 0 saturated heterocycles. The number of hydrogen-bond acceptors (Lipinski definition) is 4. The van der Waals surface area contributed by atoms with E-state index in [-0.39, 0.29) is 12.1 Å². The van der Waals surface area contributed by atoms with Gasteiger partial charge in [0.15, 0.2) is 0 Å². The van der Waals surface area contributed by atoms with Crippen LogP contribution in [0.3, 0.4) is 0 Å². The van der Waals surface area contributed by atoms with Crippen molar-refractivity contribution in [3.05, 3.63) is 65.2 Å². The van der Waals surface area contributed by atoms with Crippen LogP contribution in [0.15, 0.2) is 58.5 Å². The summed E-state index contributed by atoms with van der Waals surface area (Å²) < 4.78 is 0. The monoisotopic (exact) mass is 388 g/mol. The van der Waals surface area contributed by atoms with Crippen molar-refractivity contribution in [2.24, 2.45) is 15.7 Å². The van der Waals surface area contributed by atoms with Crippen molar-refractivity contribution < 1.29 is 0 Å². The Hall–Kier alpha value is -2.62. The lowest BCUT2D eigenvalue weighted by Gasteiger charge is -2.33. The van der Waals surface area contributed by atoms with E-state index in [2.05, 4.69) is 66.2 Å². The summed E-state index contributed by atoms with van der Waals surface area (Å²) >= 11 is 0. The van der Waals surface area contributed by atoms with Gasteiger partial charge in [0.1, 0.15) is 17.7 Å². The normalized spacial score (nSPS) is 20.1. The fourth-order valence-electron chi connectivity index (χ4n) is 4.37. The number of rotatable bonds is 8. The number of aryl methyl sites for hydroxylation is 1. The van der Waals surface area contributed by atoms with E-state index in [0.717, 1.165) is 37.9 Å². The molecule has 2 aromatic rings. The van der Waals surface area contributed by atoms with Gasteiger partial charge in [0.25, 0.3) is 0 Å². The lowest BCUT2D eigenvalue weighted by Crippen LogP contribution is -2.39. The van der Waals surface area contributed by atoms with Gasteiger partial charge in [-0.15, -0.1) is 0 Å². The first-order valence-electron chi connectivity index (χ1n) is 11.1. The van der Waals surface area contributed by atoms with Crippen LogP contribution in [-0.4, -0.2) is 22.6 Å². The standard InChI is InChI=1S/C25H32N4/c1-3-5-9-18-13-15-19(16-14-18)17-29-22(12-6-4-2)28-23-24(29)20-10-7-8-11-21(20)27-25(23)26/h7-8,10-11,13-16,23-24H,3-6,9,12,17H2,1-2H3,(H2,26,27). The molecule has 0 fully saturated rings. The fraction of sp³-hybridized carbons (Fsp3) is 0.440. The number of benzene rings is 2. The second kappa shape index (κ2) is 8.81. The predicted octanol–water partition coefficient (Wildman–Crippen LogP) is 5.55. The van der Waals surface area contributed by atoms with Gasteiger partial charge in [-0.25, -0.2) is 4.99 Å². The first-order valence-corrected chi connectivity index (χ1v) is 11.1. The lowest BCUT2D eigenvalue weighted by atomic mass is 9.93. The first kappa shape index (κ1) is 19.7. The average molecular weight is 389 g/mol. The van der Waals surface area contributed by atoms with Crippen molar-refractivity contribution in [1.29, 1.82) is 0 Å². The summed E-state index contributed by atoms with van der Waals surface area (Å²) in [6, 6.07) is 17.6. The highest BCUT2D eigenvalue weighted by Crippen LogP contribution is 2.42. The van der Waals surface area contributed by atoms with E-state index >= 15 is 0 Å². The molecular formula is C25H32N4. The lowest BCUT2D eigenvalue weighted by molar-refractivity contribution is 0.319. The summed E-state index contributed by atoms with van der Waals surface area (Å²) in [5.74, 6) is 1.81. The van der Waals surface area contributed by atoms with Crippen molar-refractivity contribution in [3.63, 3.8) is 0 Å². The number of nitrogens with zero attached hydrogens (tertiary/aromatic N) is 3. The van der Waals surface area contributed by atoms with E-state index in [9.17, 15) is 0 Å². The smallest absolute Gasteiger partial charge is 0.134 e. The summed E-state index contributed by atoms with van der Waals surface area (Å²) in [5, 5.41) is 0. The molecule has 0 saturated carbocycles. The van der Waals surface area contributed by atoms with Crippen molar-refractivity contribution in [1.82, 2.24) is 4.90 Å². The van der Waals surface area contributed by atoms with Gasteiger partial charge in [-0.05, 0) is 36.5 Å². The van der Waals surface area contributed by atoms with Crippen molar-refractivity contribution in [2.75, 3.05) is 0 Å². The maximum absolute atomic E-state index is 6.36. The molecule has 2 N–H and O–H groups in total. The number of amidine groups is 2. The minimum absolute atomic E-state index is 0.0689. The van der Waals surface area contributed by atoms with Gasteiger partial charge >= 0.3 is 0 Å². The Balaban J connectivity index is 1.62. The molecule has 0 radical (unpaired) electrons. The third-order valence-corrected chi connectivity index (χ3v) is 6.01. The van der Waals surface area contributed by atoms with Crippen molar-refractivity contribution in [2.45, 2.75) is 71.0 Å². The number of unbranched alkanes of at least 4 members (excludes halogenated alkanes) is 2. The average Bonchev–Trinajstić information content (AvgIpc) is 3.11. The number of para-hydroxylation sites is 1. The van der Waals surface area contributed by atoms with Crippen LogP contribution >= 0.6 is 0 Å². The molecule has 4 heteroatoms. The highest BCUT2D eigenvalue weighted by molar-refractivity contribution is 5.98. The highest BCUT2D eigenvalue weighted by atomic mass is 15.3. The molecule has 0 bridgehead atoms. The van der Waals surface area contributed by atoms with Gasteiger partial charge in [0.2, 0.25) is 0 Å². The Kier molecular flexibility index (Phi) is 5.98. The number of aliphatic imine (C=N–C) groups is 2. The Labute approximate surface area is 174 Å². The van der Waals surface area contributed by atoms with Crippen LogP contribution < -0.4 is 5.73 Å². The molecule has 2 aliphatic heterocycles. The van der Waals surface area contributed by atoms with Crippen LogP contribution in [0, 0.1) is 0 Å². The van der Waals surface area contributed by atoms with E-state index in [4.69, 9.17) is 10.7 Å². The van der Waals surface area contributed by atoms with Crippen LogP contribution in [0.4, 0.5) is 5.69 Å². The summed E-state index contributed by atoms with van der Waals surface area (Å²) in [7, 11) is 0. The predicted molar refractivity (Wildman–Crippen MR) is 122 cm³/mol. The number of hydrogen-bond donors (Lipinski definition) is 1. The molecule has 2 atom stereocenters. The summed E-state index contributed by atoms with van der Waals surface area (Å²) in [6.45, 7) is 5.33. The van der Waals surface area contributed by atoms with E-state index < -0.39 is 0 Å². The van der Waals surface area contributed by atoms with Crippen LogP contribution in [0.5, 0.6) is 0 Å². The van der Waals surface area contributed by atoms with Crippen LogP contribution in [-0.2, 0) is 13.0 Å². The molecule has 2 unspecified atom stereocenters. The molecule has 2 heterocycles. The molecule has 4 rings (SSSR count). The Bertz CT molecular complexity index is 897. The molecule has 0 spiro atoms. The largest absolute Gasteiger partial charge is 0.385 e. The van der Waals surface area contributed by atoms with Crippen molar-refractivity contribution in [3.8, 4) is 0 Å².